The largest absolute Gasteiger partial charge is 0.491 e. The fourth-order valence-electron chi connectivity index (χ4n) is 2.01. The van der Waals surface area contributed by atoms with E-state index >= 15 is 0 Å². The molecule has 2 heterocycles. The summed E-state index contributed by atoms with van der Waals surface area (Å²) in [6, 6.07) is 11.2. The third-order valence-electron chi connectivity index (χ3n) is 2.97. The van der Waals surface area contributed by atoms with E-state index in [1.54, 1.807) is 17.5 Å². The van der Waals surface area contributed by atoms with E-state index in [9.17, 15) is 4.79 Å². The lowest BCUT2D eigenvalue weighted by molar-refractivity contribution is 0.405. The number of nitrogens with zero attached hydrogens (tertiary/aromatic N) is 2. The van der Waals surface area contributed by atoms with Gasteiger partial charge in [0.05, 0.1) is 24.6 Å². The van der Waals surface area contributed by atoms with Gasteiger partial charge in [0.1, 0.15) is 0 Å². The highest BCUT2D eigenvalue weighted by Gasteiger charge is 2.14. The van der Waals surface area contributed by atoms with Gasteiger partial charge in [-0.25, -0.2) is 0 Å². The van der Waals surface area contributed by atoms with Crippen molar-refractivity contribution in [2.45, 2.75) is 0 Å². The fraction of sp³-hybridized carbons (Fsp3) is 0.0667. The smallest absolute Gasteiger partial charge is 0.314 e. The van der Waals surface area contributed by atoms with Gasteiger partial charge in [-0.1, -0.05) is 18.2 Å². The van der Waals surface area contributed by atoms with Gasteiger partial charge < -0.3 is 4.74 Å². The average molecular weight is 284 g/mol. The molecule has 0 unspecified atom stereocenters. The topological polar surface area (TPSA) is 44.1 Å². The van der Waals surface area contributed by atoms with Gasteiger partial charge in [0, 0.05) is 0 Å². The molecule has 0 amide bonds. The number of hydrogen-bond donors (Lipinski definition) is 0. The van der Waals surface area contributed by atoms with Crippen molar-refractivity contribution >= 4 is 11.3 Å². The molecule has 3 aromatic rings. The van der Waals surface area contributed by atoms with Gasteiger partial charge in [-0.15, -0.1) is 0 Å². The fourth-order valence-corrected chi connectivity index (χ4v) is 2.67. The molecule has 0 atom stereocenters. The summed E-state index contributed by atoms with van der Waals surface area (Å²) < 4.78 is 6.64. The maximum Gasteiger partial charge on any atom is 0.314 e. The Labute approximate surface area is 119 Å². The van der Waals surface area contributed by atoms with Crippen molar-refractivity contribution in [3.63, 3.8) is 0 Å². The first-order chi connectivity index (χ1) is 9.81. The van der Waals surface area contributed by atoms with Crippen LogP contribution in [0.4, 0.5) is 0 Å². The zero-order chi connectivity index (χ0) is 13.9. The van der Waals surface area contributed by atoms with E-state index in [2.05, 4.69) is 5.10 Å². The first-order valence-corrected chi connectivity index (χ1v) is 7.00. The maximum atomic E-state index is 12.5. The van der Waals surface area contributed by atoms with E-state index in [1.807, 2.05) is 47.2 Å². The number of thiophene rings is 1. The minimum atomic E-state index is -0.262. The van der Waals surface area contributed by atoms with Gasteiger partial charge >= 0.3 is 5.56 Å². The number of rotatable bonds is 3. The van der Waals surface area contributed by atoms with Gasteiger partial charge in [-0.3, -0.25) is 4.79 Å². The zero-order valence-corrected chi connectivity index (χ0v) is 11.6. The molecule has 0 saturated carbocycles. The summed E-state index contributed by atoms with van der Waals surface area (Å²) >= 11 is 1.57. The standard InChI is InChI=1S/C15H12N2O2S/c1-19-14-13(11-7-8-20-10-11)9-16-17(15(14)18)12-5-3-2-4-6-12/h2-10H,1H3. The Hall–Kier alpha value is -2.40. The van der Waals surface area contributed by atoms with Gasteiger partial charge in [0.25, 0.3) is 0 Å². The van der Waals surface area contributed by atoms with E-state index in [1.165, 1.54) is 11.8 Å². The van der Waals surface area contributed by atoms with Crippen LogP contribution in [-0.4, -0.2) is 16.9 Å². The van der Waals surface area contributed by atoms with Crippen LogP contribution in [0, 0.1) is 0 Å². The van der Waals surface area contributed by atoms with E-state index in [4.69, 9.17) is 4.74 Å². The number of hydrogen-bond acceptors (Lipinski definition) is 4. The van der Waals surface area contributed by atoms with Crippen molar-refractivity contribution < 1.29 is 4.74 Å². The van der Waals surface area contributed by atoms with Crippen LogP contribution in [0.25, 0.3) is 16.8 Å². The lowest BCUT2D eigenvalue weighted by atomic mass is 10.1. The highest BCUT2D eigenvalue weighted by Crippen LogP contribution is 2.27. The zero-order valence-electron chi connectivity index (χ0n) is 10.8. The van der Waals surface area contributed by atoms with Crippen LogP contribution < -0.4 is 10.3 Å². The summed E-state index contributed by atoms with van der Waals surface area (Å²) in [5, 5.41) is 8.16. The molecule has 100 valence electrons. The molecule has 0 aliphatic rings. The van der Waals surface area contributed by atoms with Crippen LogP contribution >= 0.6 is 11.3 Å². The second kappa shape index (κ2) is 5.30. The van der Waals surface area contributed by atoms with Crippen molar-refractivity contribution in [3.05, 3.63) is 63.7 Å². The highest BCUT2D eigenvalue weighted by molar-refractivity contribution is 7.08. The molecule has 0 bridgehead atoms. The Kier molecular flexibility index (Phi) is 3.35. The predicted octanol–water partition coefficient (Wildman–Crippen LogP) is 2.97. The summed E-state index contributed by atoms with van der Waals surface area (Å²) in [7, 11) is 1.50. The summed E-state index contributed by atoms with van der Waals surface area (Å²) in [6.45, 7) is 0. The van der Waals surface area contributed by atoms with Crippen LogP contribution in [0.3, 0.4) is 0 Å². The van der Waals surface area contributed by atoms with Crippen LogP contribution in [-0.2, 0) is 0 Å². The van der Waals surface area contributed by atoms with Crippen molar-refractivity contribution in [2.24, 2.45) is 0 Å². The predicted molar refractivity (Wildman–Crippen MR) is 79.7 cm³/mol. The molecular formula is C15H12N2O2S. The van der Waals surface area contributed by atoms with Crippen LogP contribution in [0.2, 0.25) is 0 Å². The molecule has 0 spiro atoms. The normalized spacial score (nSPS) is 10.4. The monoisotopic (exact) mass is 284 g/mol. The molecular weight excluding hydrogens is 272 g/mol. The molecule has 0 saturated heterocycles. The number of benzene rings is 1. The summed E-state index contributed by atoms with van der Waals surface area (Å²) in [4.78, 5) is 12.5. The summed E-state index contributed by atoms with van der Waals surface area (Å²) in [5.74, 6) is 0.308. The van der Waals surface area contributed by atoms with Crippen molar-refractivity contribution in [3.8, 4) is 22.6 Å². The van der Waals surface area contributed by atoms with E-state index in [0.717, 1.165) is 5.56 Å². The van der Waals surface area contributed by atoms with Gasteiger partial charge in [0.15, 0.2) is 5.75 Å². The lowest BCUT2D eigenvalue weighted by Gasteiger charge is -2.10. The van der Waals surface area contributed by atoms with Gasteiger partial charge in [-0.2, -0.15) is 21.1 Å². The molecule has 3 rings (SSSR count). The second-order valence-corrected chi connectivity index (χ2v) is 4.94. The molecule has 1 aromatic carbocycles. The average Bonchev–Trinajstić information content (AvgIpc) is 3.02. The molecule has 0 fully saturated rings. The van der Waals surface area contributed by atoms with Gasteiger partial charge in [-0.05, 0) is 34.5 Å². The Morgan fingerprint density at radius 1 is 1.20 bits per heavy atom. The quantitative estimate of drug-likeness (QED) is 0.742. The molecule has 0 N–H and O–H groups in total. The van der Waals surface area contributed by atoms with Crippen molar-refractivity contribution in [1.29, 1.82) is 0 Å². The SMILES string of the molecule is COc1c(-c2ccsc2)cnn(-c2ccccc2)c1=O. The third kappa shape index (κ3) is 2.12. The van der Waals surface area contributed by atoms with Gasteiger partial charge in [0.2, 0.25) is 0 Å². The molecule has 0 radical (unpaired) electrons. The van der Waals surface area contributed by atoms with E-state index in [-0.39, 0.29) is 5.56 Å². The minimum absolute atomic E-state index is 0.262. The number of aromatic nitrogens is 2. The van der Waals surface area contributed by atoms with E-state index < -0.39 is 0 Å². The second-order valence-electron chi connectivity index (χ2n) is 4.16. The lowest BCUT2D eigenvalue weighted by Crippen LogP contribution is -2.22. The number of methoxy groups -OCH3 is 1. The summed E-state index contributed by atoms with van der Waals surface area (Å²) in [6.07, 6.45) is 1.66. The Bertz CT molecular complexity index is 764. The van der Waals surface area contributed by atoms with Crippen molar-refractivity contribution in [2.75, 3.05) is 7.11 Å². The summed E-state index contributed by atoms with van der Waals surface area (Å²) in [5.41, 5.74) is 2.11. The first-order valence-electron chi connectivity index (χ1n) is 6.05. The molecule has 0 aliphatic heterocycles. The van der Waals surface area contributed by atoms with Crippen molar-refractivity contribution in [1.82, 2.24) is 9.78 Å². The number of para-hydroxylation sites is 1. The molecule has 20 heavy (non-hydrogen) atoms. The Morgan fingerprint density at radius 2 is 2.00 bits per heavy atom. The number of ether oxygens (including phenoxy) is 1. The van der Waals surface area contributed by atoms with E-state index in [0.29, 0.717) is 17.0 Å². The van der Waals surface area contributed by atoms with Crippen LogP contribution in [0.1, 0.15) is 0 Å². The molecule has 5 heteroatoms. The third-order valence-corrected chi connectivity index (χ3v) is 3.65. The minimum Gasteiger partial charge on any atom is -0.491 e. The molecule has 2 aromatic heterocycles. The van der Waals surface area contributed by atoms with Crippen LogP contribution in [0.5, 0.6) is 5.75 Å². The molecule has 4 nitrogen and oxygen atoms in total. The Balaban J connectivity index is 2.20. The van der Waals surface area contributed by atoms with Crippen LogP contribution in [0.15, 0.2) is 58.1 Å². The Morgan fingerprint density at radius 3 is 2.65 bits per heavy atom. The first kappa shape index (κ1) is 12.6. The maximum absolute atomic E-state index is 12.5. The molecule has 0 aliphatic carbocycles. The highest BCUT2D eigenvalue weighted by atomic mass is 32.1.